The number of aliphatic hydroxyl groups excluding tert-OH is 1. The summed E-state index contributed by atoms with van der Waals surface area (Å²) in [5.74, 6) is 0.633. The quantitative estimate of drug-likeness (QED) is 0.711. The van der Waals surface area contributed by atoms with E-state index in [1.807, 2.05) is 54.6 Å². The van der Waals surface area contributed by atoms with E-state index in [1.54, 1.807) is 11.0 Å². The van der Waals surface area contributed by atoms with Crippen LogP contribution in [0.15, 0.2) is 60.7 Å². The zero-order valence-electron chi connectivity index (χ0n) is 14.6. The Labute approximate surface area is 149 Å². The van der Waals surface area contributed by atoms with Crippen LogP contribution in [-0.2, 0) is 11.3 Å². The van der Waals surface area contributed by atoms with E-state index in [4.69, 9.17) is 4.74 Å². The van der Waals surface area contributed by atoms with E-state index in [1.165, 1.54) is 6.08 Å². The Morgan fingerprint density at radius 1 is 1.12 bits per heavy atom. The van der Waals surface area contributed by atoms with Crippen LogP contribution in [0.4, 0.5) is 0 Å². The average Bonchev–Trinajstić information content (AvgIpc) is 2.65. The number of rotatable bonds is 9. The molecule has 0 spiro atoms. The second kappa shape index (κ2) is 10.3. The summed E-state index contributed by atoms with van der Waals surface area (Å²) in [6.07, 6.45) is 4.23. The van der Waals surface area contributed by atoms with Gasteiger partial charge in [-0.2, -0.15) is 0 Å². The van der Waals surface area contributed by atoms with Gasteiger partial charge in [0.25, 0.3) is 0 Å². The average molecular weight is 339 g/mol. The number of amides is 1. The first-order valence-corrected chi connectivity index (χ1v) is 8.58. The largest absolute Gasteiger partial charge is 0.493 e. The Hall–Kier alpha value is -2.59. The number of carbonyl (C=O) groups excluding carboxylic acids is 1. The number of aliphatic hydroxyl groups is 1. The number of nitrogens with zero attached hydrogens (tertiary/aromatic N) is 1. The molecule has 0 atom stereocenters. The van der Waals surface area contributed by atoms with E-state index in [0.717, 1.165) is 23.3 Å². The van der Waals surface area contributed by atoms with Gasteiger partial charge in [0.05, 0.1) is 13.2 Å². The molecule has 0 aliphatic rings. The molecule has 0 heterocycles. The fourth-order valence-electron chi connectivity index (χ4n) is 2.42. The van der Waals surface area contributed by atoms with Crippen LogP contribution < -0.4 is 4.74 Å². The smallest absolute Gasteiger partial charge is 0.246 e. The van der Waals surface area contributed by atoms with E-state index in [0.29, 0.717) is 19.7 Å². The summed E-state index contributed by atoms with van der Waals surface area (Å²) in [5, 5.41) is 9.25. The van der Waals surface area contributed by atoms with Gasteiger partial charge in [0.15, 0.2) is 0 Å². The van der Waals surface area contributed by atoms with Gasteiger partial charge in [-0.15, -0.1) is 0 Å². The SMILES string of the molecule is CCCOc1ccccc1/C=C/C(=O)N(CCO)Cc1ccccc1. The molecule has 2 rings (SSSR count). The van der Waals surface area contributed by atoms with E-state index < -0.39 is 0 Å². The molecule has 0 radical (unpaired) electrons. The third kappa shape index (κ3) is 6.08. The topological polar surface area (TPSA) is 49.8 Å². The number of hydrogen-bond donors (Lipinski definition) is 1. The van der Waals surface area contributed by atoms with Crippen molar-refractivity contribution >= 4 is 12.0 Å². The van der Waals surface area contributed by atoms with Gasteiger partial charge in [-0.3, -0.25) is 4.79 Å². The first kappa shape index (κ1) is 18.7. The van der Waals surface area contributed by atoms with Gasteiger partial charge in [0, 0.05) is 24.7 Å². The maximum absolute atomic E-state index is 12.5. The number of hydrogen-bond acceptors (Lipinski definition) is 3. The molecule has 4 heteroatoms. The number of ether oxygens (including phenoxy) is 1. The van der Waals surface area contributed by atoms with Gasteiger partial charge in [-0.1, -0.05) is 55.5 Å². The second-order valence-corrected chi connectivity index (χ2v) is 5.69. The molecule has 1 N–H and O–H groups in total. The van der Waals surface area contributed by atoms with Crippen LogP contribution in [0.5, 0.6) is 5.75 Å². The minimum atomic E-state index is -0.136. The normalized spacial score (nSPS) is 10.8. The standard InChI is InChI=1S/C21H25NO3/c1-2-16-25-20-11-7-6-10-19(20)12-13-21(24)22(14-15-23)17-18-8-4-3-5-9-18/h3-13,23H,2,14-17H2,1H3/b13-12+. The molecule has 0 saturated heterocycles. The van der Waals surface area contributed by atoms with Crippen LogP contribution in [0.2, 0.25) is 0 Å². The van der Waals surface area contributed by atoms with Crippen LogP contribution >= 0.6 is 0 Å². The summed E-state index contributed by atoms with van der Waals surface area (Å²) in [4.78, 5) is 14.1. The van der Waals surface area contributed by atoms with Crippen molar-refractivity contribution in [3.63, 3.8) is 0 Å². The predicted molar refractivity (Wildman–Crippen MR) is 100 cm³/mol. The molecule has 25 heavy (non-hydrogen) atoms. The highest BCUT2D eigenvalue weighted by Crippen LogP contribution is 2.20. The van der Waals surface area contributed by atoms with Gasteiger partial charge < -0.3 is 14.7 Å². The van der Waals surface area contributed by atoms with E-state index >= 15 is 0 Å². The van der Waals surface area contributed by atoms with Crippen molar-refractivity contribution in [2.45, 2.75) is 19.9 Å². The van der Waals surface area contributed by atoms with Crippen molar-refractivity contribution in [2.75, 3.05) is 19.8 Å². The first-order chi connectivity index (χ1) is 12.2. The van der Waals surface area contributed by atoms with Gasteiger partial charge in [0.2, 0.25) is 5.91 Å². The van der Waals surface area contributed by atoms with Crippen molar-refractivity contribution in [3.8, 4) is 5.75 Å². The van der Waals surface area contributed by atoms with E-state index in [2.05, 4.69) is 6.92 Å². The molecule has 2 aromatic rings. The summed E-state index contributed by atoms with van der Waals surface area (Å²) in [7, 11) is 0. The molecule has 0 unspecified atom stereocenters. The van der Waals surface area contributed by atoms with Crippen LogP contribution in [0, 0.1) is 0 Å². The summed E-state index contributed by atoms with van der Waals surface area (Å²) >= 11 is 0. The highest BCUT2D eigenvalue weighted by Gasteiger charge is 2.11. The van der Waals surface area contributed by atoms with Gasteiger partial charge in [0.1, 0.15) is 5.75 Å². The third-order valence-electron chi connectivity index (χ3n) is 3.68. The molecule has 0 bridgehead atoms. The molecule has 0 aromatic heterocycles. The number of benzene rings is 2. The summed E-state index contributed by atoms with van der Waals surface area (Å²) in [6, 6.07) is 17.4. The van der Waals surface area contributed by atoms with E-state index in [9.17, 15) is 9.90 Å². The molecule has 4 nitrogen and oxygen atoms in total. The lowest BCUT2D eigenvalue weighted by atomic mass is 10.1. The Kier molecular flexibility index (Phi) is 7.73. The van der Waals surface area contributed by atoms with Crippen LogP contribution in [0.25, 0.3) is 6.08 Å². The fourth-order valence-corrected chi connectivity index (χ4v) is 2.42. The van der Waals surface area contributed by atoms with Crippen molar-refractivity contribution in [1.29, 1.82) is 0 Å². The Bertz CT molecular complexity index is 683. The first-order valence-electron chi connectivity index (χ1n) is 8.58. The molecular formula is C21H25NO3. The second-order valence-electron chi connectivity index (χ2n) is 5.69. The lowest BCUT2D eigenvalue weighted by Crippen LogP contribution is -2.31. The molecule has 0 aliphatic heterocycles. The van der Waals surface area contributed by atoms with Gasteiger partial charge in [-0.05, 0) is 24.1 Å². The fraction of sp³-hybridized carbons (Fsp3) is 0.286. The van der Waals surface area contributed by atoms with Crippen LogP contribution in [0.1, 0.15) is 24.5 Å². The summed E-state index contributed by atoms with van der Waals surface area (Å²) in [5.41, 5.74) is 1.90. The molecule has 0 fully saturated rings. The maximum Gasteiger partial charge on any atom is 0.246 e. The van der Waals surface area contributed by atoms with Crippen molar-refractivity contribution in [2.24, 2.45) is 0 Å². The molecule has 0 aliphatic carbocycles. The van der Waals surface area contributed by atoms with Crippen molar-refractivity contribution in [3.05, 3.63) is 71.8 Å². The molecule has 2 aromatic carbocycles. The zero-order chi connectivity index (χ0) is 17.9. The minimum Gasteiger partial charge on any atom is -0.493 e. The number of para-hydroxylation sites is 1. The third-order valence-corrected chi connectivity index (χ3v) is 3.68. The Morgan fingerprint density at radius 2 is 1.84 bits per heavy atom. The van der Waals surface area contributed by atoms with Crippen LogP contribution in [-0.4, -0.2) is 35.7 Å². The lowest BCUT2D eigenvalue weighted by Gasteiger charge is -2.20. The van der Waals surface area contributed by atoms with Crippen molar-refractivity contribution < 1.29 is 14.6 Å². The zero-order valence-corrected chi connectivity index (χ0v) is 14.6. The highest BCUT2D eigenvalue weighted by molar-refractivity contribution is 5.92. The molecule has 132 valence electrons. The molecular weight excluding hydrogens is 314 g/mol. The molecule has 0 saturated carbocycles. The van der Waals surface area contributed by atoms with E-state index in [-0.39, 0.29) is 12.5 Å². The highest BCUT2D eigenvalue weighted by atomic mass is 16.5. The predicted octanol–water partition coefficient (Wildman–Crippen LogP) is 3.51. The summed E-state index contributed by atoms with van der Waals surface area (Å²) in [6.45, 7) is 3.40. The minimum absolute atomic E-state index is 0.0669. The van der Waals surface area contributed by atoms with Crippen LogP contribution in [0.3, 0.4) is 0 Å². The summed E-state index contributed by atoms with van der Waals surface area (Å²) < 4.78 is 5.71. The van der Waals surface area contributed by atoms with Gasteiger partial charge in [-0.25, -0.2) is 0 Å². The monoisotopic (exact) mass is 339 g/mol. The molecule has 1 amide bonds. The Morgan fingerprint density at radius 3 is 2.56 bits per heavy atom. The maximum atomic E-state index is 12.5. The number of carbonyl (C=O) groups is 1. The van der Waals surface area contributed by atoms with Crippen molar-refractivity contribution in [1.82, 2.24) is 4.90 Å². The lowest BCUT2D eigenvalue weighted by molar-refractivity contribution is -0.127. The van der Waals surface area contributed by atoms with Gasteiger partial charge >= 0.3 is 0 Å². The Balaban J connectivity index is 2.08.